The predicted octanol–water partition coefficient (Wildman–Crippen LogP) is 2.58. The van der Waals surface area contributed by atoms with Crippen LogP contribution in [-0.2, 0) is 20.9 Å². The number of carbonyl (C=O) groups is 2. The minimum atomic E-state index is -0.539. The van der Waals surface area contributed by atoms with E-state index in [4.69, 9.17) is 14.2 Å². The zero-order chi connectivity index (χ0) is 21.1. The summed E-state index contributed by atoms with van der Waals surface area (Å²) in [4.78, 5) is 28.8. The van der Waals surface area contributed by atoms with Crippen molar-refractivity contribution in [2.24, 2.45) is 5.92 Å². The third-order valence-electron chi connectivity index (χ3n) is 5.30. The Morgan fingerprint density at radius 2 is 2.03 bits per heavy atom. The fraction of sp³-hybridized carbons (Fsp3) is 0.364. The zero-order valence-corrected chi connectivity index (χ0v) is 16.7. The van der Waals surface area contributed by atoms with Gasteiger partial charge in [0, 0.05) is 33.2 Å². The molecular weight excluding hydrogens is 391 g/mol. The van der Waals surface area contributed by atoms with E-state index in [1.54, 1.807) is 30.2 Å². The molecule has 158 valence electrons. The van der Waals surface area contributed by atoms with Gasteiger partial charge in [0.1, 0.15) is 5.82 Å². The smallest absolute Gasteiger partial charge is 0.231 e. The number of rotatable bonds is 7. The maximum absolute atomic E-state index is 14.1. The number of methoxy groups -OCH3 is 1. The van der Waals surface area contributed by atoms with Gasteiger partial charge in [-0.3, -0.25) is 9.59 Å². The van der Waals surface area contributed by atoms with Crippen molar-refractivity contribution in [1.82, 2.24) is 4.90 Å². The van der Waals surface area contributed by atoms with Crippen LogP contribution in [-0.4, -0.2) is 50.3 Å². The van der Waals surface area contributed by atoms with E-state index in [1.165, 1.54) is 11.0 Å². The molecule has 0 aromatic heterocycles. The Labute approximate surface area is 173 Å². The molecule has 0 N–H and O–H groups in total. The van der Waals surface area contributed by atoms with Crippen LogP contribution in [0.3, 0.4) is 0 Å². The Kier molecular flexibility index (Phi) is 5.85. The Morgan fingerprint density at radius 3 is 2.83 bits per heavy atom. The average Bonchev–Trinajstić information content (AvgIpc) is 3.37. The molecule has 2 aromatic rings. The van der Waals surface area contributed by atoms with Gasteiger partial charge in [-0.2, -0.15) is 0 Å². The number of anilines is 1. The van der Waals surface area contributed by atoms with Gasteiger partial charge in [-0.25, -0.2) is 4.39 Å². The second-order valence-electron chi connectivity index (χ2n) is 7.30. The molecule has 7 nitrogen and oxygen atoms in total. The van der Waals surface area contributed by atoms with Crippen LogP contribution >= 0.6 is 0 Å². The summed E-state index contributed by atoms with van der Waals surface area (Å²) >= 11 is 0. The summed E-state index contributed by atoms with van der Waals surface area (Å²) in [6, 6.07) is 11.6. The van der Waals surface area contributed by atoms with Gasteiger partial charge in [-0.15, -0.1) is 0 Å². The first-order valence-corrected chi connectivity index (χ1v) is 9.78. The van der Waals surface area contributed by atoms with E-state index in [9.17, 15) is 14.0 Å². The number of carbonyl (C=O) groups excluding carboxylic acids is 2. The highest BCUT2D eigenvalue weighted by molar-refractivity contribution is 6.00. The van der Waals surface area contributed by atoms with Crippen LogP contribution in [0, 0.1) is 11.7 Å². The fourth-order valence-electron chi connectivity index (χ4n) is 3.76. The van der Waals surface area contributed by atoms with E-state index in [1.807, 2.05) is 18.2 Å². The lowest BCUT2D eigenvalue weighted by molar-refractivity contribution is -0.137. The van der Waals surface area contributed by atoms with E-state index >= 15 is 0 Å². The van der Waals surface area contributed by atoms with Crippen molar-refractivity contribution >= 4 is 17.5 Å². The maximum Gasteiger partial charge on any atom is 0.231 e. The van der Waals surface area contributed by atoms with Gasteiger partial charge < -0.3 is 24.0 Å². The molecule has 0 bridgehead atoms. The summed E-state index contributed by atoms with van der Waals surface area (Å²) in [6.07, 6.45) is 0.0534. The van der Waals surface area contributed by atoms with E-state index < -0.39 is 11.7 Å². The summed E-state index contributed by atoms with van der Waals surface area (Å²) in [5, 5.41) is 0. The molecule has 8 heteroatoms. The van der Waals surface area contributed by atoms with Gasteiger partial charge in [0.05, 0.1) is 18.2 Å². The Hall–Kier alpha value is -3.13. The molecule has 0 aliphatic carbocycles. The second kappa shape index (κ2) is 8.71. The first kappa shape index (κ1) is 20.2. The molecule has 0 radical (unpaired) electrons. The van der Waals surface area contributed by atoms with Crippen LogP contribution in [0.25, 0.3) is 0 Å². The first-order chi connectivity index (χ1) is 14.6. The molecular formula is C22H23FN2O5. The lowest BCUT2D eigenvalue weighted by Gasteiger charge is -2.26. The second-order valence-corrected chi connectivity index (χ2v) is 7.30. The largest absolute Gasteiger partial charge is 0.454 e. The van der Waals surface area contributed by atoms with Crippen molar-refractivity contribution in [1.29, 1.82) is 0 Å². The molecule has 1 fully saturated rings. The highest BCUT2D eigenvalue weighted by Gasteiger charge is 2.38. The number of hydrogen-bond donors (Lipinski definition) is 0. The van der Waals surface area contributed by atoms with Crippen molar-refractivity contribution in [3.8, 4) is 11.5 Å². The number of fused-ring (bicyclic) bond motifs is 1. The molecule has 1 unspecified atom stereocenters. The molecule has 2 aliphatic rings. The zero-order valence-electron chi connectivity index (χ0n) is 16.7. The predicted molar refractivity (Wildman–Crippen MR) is 107 cm³/mol. The number of nitrogens with zero attached hydrogens (tertiary/aromatic N) is 2. The molecule has 2 aromatic carbocycles. The number of hydrogen-bond acceptors (Lipinski definition) is 5. The van der Waals surface area contributed by atoms with Crippen molar-refractivity contribution in [3.63, 3.8) is 0 Å². The third-order valence-corrected chi connectivity index (χ3v) is 5.30. The summed E-state index contributed by atoms with van der Waals surface area (Å²) in [7, 11) is 1.57. The Bertz CT molecular complexity index is 951. The molecule has 1 atom stereocenters. The SMILES string of the molecule is COCCN(Cc1ccc2c(c1)OCO2)C(=O)C1CC(=O)N(c2ccccc2F)C1. The molecule has 2 heterocycles. The first-order valence-electron chi connectivity index (χ1n) is 9.78. The molecule has 0 spiro atoms. The molecule has 4 rings (SSSR count). The Balaban J connectivity index is 1.49. The van der Waals surface area contributed by atoms with Gasteiger partial charge in [-0.05, 0) is 29.8 Å². The lowest BCUT2D eigenvalue weighted by Crippen LogP contribution is -2.39. The molecule has 2 aliphatic heterocycles. The lowest BCUT2D eigenvalue weighted by atomic mass is 10.1. The summed E-state index contributed by atoms with van der Waals surface area (Å²) < 4.78 is 30.0. The van der Waals surface area contributed by atoms with Gasteiger partial charge in [0.25, 0.3) is 0 Å². The van der Waals surface area contributed by atoms with Gasteiger partial charge in [-0.1, -0.05) is 18.2 Å². The number of benzene rings is 2. The topological polar surface area (TPSA) is 68.3 Å². The van der Waals surface area contributed by atoms with E-state index in [2.05, 4.69) is 0 Å². The molecule has 1 saturated heterocycles. The standard InChI is InChI=1S/C22H23FN2O5/c1-28-9-8-24(12-15-6-7-19-20(10-15)30-14-29-19)22(27)16-11-21(26)25(13-16)18-5-3-2-4-17(18)23/h2-7,10,16H,8-9,11-14H2,1H3. The normalized spacial score (nSPS) is 17.5. The highest BCUT2D eigenvalue weighted by atomic mass is 19.1. The van der Waals surface area contributed by atoms with Gasteiger partial charge >= 0.3 is 0 Å². The molecule has 0 saturated carbocycles. The summed E-state index contributed by atoms with van der Waals surface area (Å²) in [6.45, 7) is 1.44. The van der Waals surface area contributed by atoms with Crippen LogP contribution in [0.2, 0.25) is 0 Å². The summed E-state index contributed by atoms with van der Waals surface area (Å²) in [5.41, 5.74) is 1.09. The number of amides is 2. The molecule has 30 heavy (non-hydrogen) atoms. The van der Waals surface area contributed by atoms with E-state index in [-0.39, 0.29) is 37.3 Å². The van der Waals surface area contributed by atoms with Crippen LogP contribution in [0.15, 0.2) is 42.5 Å². The van der Waals surface area contributed by atoms with Crippen molar-refractivity contribution < 1.29 is 28.2 Å². The Morgan fingerprint density at radius 1 is 1.23 bits per heavy atom. The third kappa shape index (κ3) is 4.09. The average molecular weight is 414 g/mol. The van der Waals surface area contributed by atoms with E-state index in [0.717, 1.165) is 5.56 Å². The highest BCUT2D eigenvalue weighted by Crippen LogP contribution is 2.33. The number of para-hydroxylation sites is 1. The minimum absolute atomic E-state index is 0.0534. The number of ether oxygens (including phenoxy) is 3. The molecule has 2 amide bonds. The van der Waals surface area contributed by atoms with E-state index in [0.29, 0.717) is 31.2 Å². The van der Waals surface area contributed by atoms with Gasteiger partial charge in [0.2, 0.25) is 18.6 Å². The fourth-order valence-corrected chi connectivity index (χ4v) is 3.76. The van der Waals surface area contributed by atoms with Crippen LogP contribution in [0.4, 0.5) is 10.1 Å². The van der Waals surface area contributed by atoms with Crippen LogP contribution in [0.5, 0.6) is 11.5 Å². The van der Waals surface area contributed by atoms with Crippen LogP contribution in [0.1, 0.15) is 12.0 Å². The quantitative estimate of drug-likeness (QED) is 0.697. The maximum atomic E-state index is 14.1. The van der Waals surface area contributed by atoms with Crippen molar-refractivity contribution in [3.05, 3.63) is 53.8 Å². The monoisotopic (exact) mass is 414 g/mol. The number of halogens is 1. The minimum Gasteiger partial charge on any atom is -0.454 e. The van der Waals surface area contributed by atoms with Crippen molar-refractivity contribution in [2.75, 3.05) is 38.5 Å². The summed E-state index contributed by atoms with van der Waals surface area (Å²) in [5.74, 6) is -0.104. The van der Waals surface area contributed by atoms with Gasteiger partial charge in [0.15, 0.2) is 11.5 Å². The van der Waals surface area contributed by atoms with Crippen LogP contribution < -0.4 is 14.4 Å². The van der Waals surface area contributed by atoms with Crippen molar-refractivity contribution in [2.45, 2.75) is 13.0 Å².